The van der Waals surface area contributed by atoms with Gasteiger partial charge in [0.25, 0.3) is 0 Å². The van der Waals surface area contributed by atoms with Crippen LogP contribution in [0.2, 0.25) is 0 Å². The predicted molar refractivity (Wildman–Crippen MR) is 58.6 cm³/mol. The first-order valence-electron chi connectivity index (χ1n) is 4.75. The lowest BCUT2D eigenvalue weighted by Gasteiger charge is -2.11. The Bertz CT molecular complexity index is 343. The molecule has 1 aromatic rings. The van der Waals surface area contributed by atoms with Gasteiger partial charge in [-0.05, 0) is 37.1 Å². The second-order valence-corrected chi connectivity index (χ2v) is 3.64. The Labute approximate surface area is 89.2 Å². The molecule has 1 rings (SSSR count). The fourth-order valence-electron chi connectivity index (χ4n) is 1.28. The number of ether oxygens (including phenoxy) is 1. The Morgan fingerprint density at radius 2 is 1.87 bits per heavy atom. The Morgan fingerprint density at radius 3 is 2.33 bits per heavy atom. The highest BCUT2D eigenvalue weighted by molar-refractivity contribution is 5.79. The topological polar surface area (TPSA) is 78.3 Å². The van der Waals surface area contributed by atoms with E-state index in [4.69, 9.17) is 16.2 Å². The maximum Gasteiger partial charge on any atom is 0.237 e. The molecule has 1 atom stereocenters. The zero-order chi connectivity index (χ0) is 11.4. The molecule has 1 aromatic carbocycles. The van der Waals surface area contributed by atoms with Crippen molar-refractivity contribution in [3.63, 3.8) is 0 Å². The highest BCUT2D eigenvalue weighted by Gasteiger charge is 2.09. The Balaban J connectivity index is 2.61. The van der Waals surface area contributed by atoms with Gasteiger partial charge in [-0.2, -0.15) is 0 Å². The second kappa shape index (κ2) is 4.79. The predicted octanol–water partition coefficient (Wildman–Crippen LogP) is 0.495. The normalized spacial score (nSPS) is 12.2. The molecule has 0 fully saturated rings. The lowest BCUT2D eigenvalue weighted by atomic mass is 10.1. The van der Waals surface area contributed by atoms with Gasteiger partial charge >= 0.3 is 0 Å². The third-order valence-electron chi connectivity index (χ3n) is 1.99. The van der Waals surface area contributed by atoms with Gasteiger partial charge in [-0.1, -0.05) is 6.07 Å². The van der Waals surface area contributed by atoms with Gasteiger partial charge < -0.3 is 16.2 Å². The van der Waals surface area contributed by atoms with Crippen LogP contribution in [0.3, 0.4) is 0 Å². The smallest absolute Gasteiger partial charge is 0.237 e. The van der Waals surface area contributed by atoms with Gasteiger partial charge in [0.2, 0.25) is 5.91 Å². The maximum absolute atomic E-state index is 10.7. The lowest BCUT2D eigenvalue weighted by molar-refractivity contribution is -0.119. The van der Waals surface area contributed by atoms with E-state index in [1.54, 1.807) is 0 Å². The van der Waals surface area contributed by atoms with E-state index < -0.39 is 11.9 Å². The maximum atomic E-state index is 10.7. The van der Waals surface area contributed by atoms with E-state index in [1.807, 2.05) is 32.0 Å². The summed E-state index contributed by atoms with van der Waals surface area (Å²) in [6, 6.07) is 5.06. The molecule has 1 unspecified atom stereocenters. The van der Waals surface area contributed by atoms with Gasteiger partial charge in [0, 0.05) is 0 Å². The molecule has 1 amide bonds. The molecule has 0 aliphatic heterocycles. The van der Waals surface area contributed by atoms with E-state index in [0.29, 0.717) is 5.75 Å². The van der Waals surface area contributed by atoms with Crippen molar-refractivity contribution >= 4 is 5.91 Å². The molecular formula is C11H16N2O2. The summed E-state index contributed by atoms with van der Waals surface area (Å²) in [5.74, 6) is 0.156. The molecule has 82 valence electrons. The standard InChI is InChI=1S/C11H16N2O2/c1-7-3-8(2)5-9(4-7)15-6-10(12)11(13)14/h3-5,10H,6,12H2,1-2H3,(H2,13,14). The molecule has 0 aliphatic rings. The minimum atomic E-state index is -0.759. The summed E-state index contributed by atoms with van der Waals surface area (Å²) in [6.07, 6.45) is 0. The molecule has 0 saturated heterocycles. The number of aryl methyl sites for hydroxylation is 2. The SMILES string of the molecule is Cc1cc(C)cc(OCC(N)C(N)=O)c1. The number of hydrogen-bond donors (Lipinski definition) is 2. The fourth-order valence-corrected chi connectivity index (χ4v) is 1.28. The minimum absolute atomic E-state index is 0.109. The monoisotopic (exact) mass is 208 g/mol. The fraction of sp³-hybridized carbons (Fsp3) is 0.364. The summed E-state index contributed by atoms with van der Waals surface area (Å²) in [5.41, 5.74) is 12.7. The quantitative estimate of drug-likeness (QED) is 0.756. The van der Waals surface area contributed by atoms with Crippen LogP contribution in [0.5, 0.6) is 5.75 Å². The van der Waals surface area contributed by atoms with E-state index in [0.717, 1.165) is 11.1 Å². The van der Waals surface area contributed by atoms with Crippen LogP contribution in [-0.2, 0) is 4.79 Å². The number of primary amides is 1. The van der Waals surface area contributed by atoms with Gasteiger partial charge in [-0.25, -0.2) is 0 Å². The minimum Gasteiger partial charge on any atom is -0.491 e. The summed E-state index contributed by atoms with van der Waals surface area (Å²) in [5, 5.41) is 0. The van der Waals surface area contributed by atoms with Crippen LogP contribution in [0, 0.1) is 13.8 Å². The van der Waals surface area contributed by atoms with Crippen molar-refractivity contribution in [3.05, 3.63) is 29.3 Å². The summed E-state index contributed by atoms with van der Waals surface area (Å²) >= 11 is 0. The van der Waals surface area contributed by atoms with Gasteiger partial charge in [0.05, 0.1) is 0 Å². The van der Waals surface area contributed by atoms with E-state index in [1.165, 1.54) is 0 Å². The highest BCUT2D eigenvalue weighted by Crippen LogP contribution is 2.16. The van der Waals surface area contributed by atoms with Crippen molar-refractivity contribution in [2.45, 2.75) is 19.9 Å². The third kappa shape index (κ3) is 3.59. The van der Waals surface area contributed by atoms with Crippen LogP contribution in [0.4, 0.5) is 0 Å². The van der Waals surface area contributed by atoms with Crippen molar-refractivity contribution < 1.29 is 9.53 Å². The van der Waals surface area contributed by atoms with Gasteiger partial charge in [-0.3, -0.25) is 4.79 Å². The molecule has 0 spiro atoms. The van der Waals surface area contributed by atoms with Crippen LogP contribution in [-0.4, -0.2) is 18.6 Å². The Kier molecular flexibility index (Phi) is 3.68. The van der Waals surface area contributed by atoms with Crippen molar-refractivity contribution in [2.75, 3.05) is 6.61 Å². The number of carbonyl (C=O) groups excluding carboxylic acids is 1. The number of carbonyl (C=O) groups is 1. The average molecular weight is 208 g/mol. The van der Waals surface area contributed by atoms with Gasteiger partial charge in [0.15, 0.2) is 0 Å². The third-order valence-corrected chi connectivity index (χ3v) is 1.99. The zero-order valence-electron chi connectivity index (χ0n) is 8.99. The van der Waals surface area contributed by atoms with Crippen molar-refractivity contribution in [3.8, 4) is 5.75 Å². The lowest BCUT2D eigenvalue weighted by Crippen LogP contribution is -2.41. The van der Waals surface area contributed by atoms with Gasteiger partial charge in [-0.15, -0.1) is 0 Å². The molecule has 0 bridgehead atoms. The molecule has 0 heterocycles. The first-order valence-corrected chi connectivity index (χ1v) is 4.75. The van der Waals surface area contributed by atoms with Crippen LogP contribution < -0.4 is 16.2 Å². The molecule has 0 aromatic heterocycles. The molecule has 4 N–H and O–H groups in total. The summed E-state index contributed by atoms with van der Waals surface area (Å²) < 4.78 is 5.36. The summed E-state index contributed by atoms with van der Waals surface area (Å²) in [6.45, 7) is 4.07. The first kappa shape index (κ1) is 11.5. The van der Waals surface area contributed by atoms with Crippen molar-refractivity contribution in [1.82, 2.24) is 0 Å². The molecule has 0 radical (unpaired) electrons. The van der Waals surface area contributed by atoms with Crippen LogP contribution >= 0.6 is 0 Å². The van der Waals surface area contributed by atoms with Crippen LogP contribution in [0.25, 0.3) is 0 Å². The second-order valence-electron chi connectivity index (χ2n) is 3.64. The van der Waals surface area contributed by atoms with Crippen LogP contribution in [0.15, 0.2) is 18.2 Å². The van der Waals surface area contributed by atoms with E-state index in [2.05, 4.69) is 0 Å². The first-order chi connectivity index (χ1) is 6.99. The zero-order valence-corrected chi connectivity index (χ0v) is 8.99. The van der Waals surface area contributed by atoms with Crippen LogP contribution in [0.1, 0.15) is 11.1 Å². The average Bonchev–Trinajstić information content (AvgIpc) is 2.12. The molecule has 4 nitrogen and oxygen atoms in total. The number of benzene rings is 1. The van der Waals surface area contributed by atoms with E-state index in [9.17, 15) is 4.79 Å². The van der Waals surface area contributed by atoms with E-state index >= 15 is 0 Å². The molecule has 15 heavy (non-hydrogen) atoms. The summed E-state index contributed by atoms with van der Waals surface area (Å²) in [7, 11) is 0. The molecular weight excluding hydrogens is 192 g/mol. The van der Waals surface area contributed by atoms with Crippen molar-refractivity contribution in [1.29, 1.82) is 0 Å². The Hall–Kier alpha value is -1.55. The summed E-state index contributed by atoms with van der Waals surface area (Å²) in [4.78, 5) is 10.7. The largest absolute Gasteiger partial charge is 0.491 e. The number of rotatable bonds is 4. The number of hydrogen-bond acceptors (Lipinski definition) is 3. The number of nitrogens with two attached hydrogens (primary N) is 2. The van der Waals surface area contributed by atoms with Crippen molar-refractivity contribution in [2.24, 2.45) is 11.5 Å². The van der Waals surface area contributed by atoms with Gasteiger partial charge in [0.1, 0.15) is 18.4 Å². The van der Waals surface area contributed by atoms with E-state index in [-0.39, 0.29) is 6.61 Å². The molecule has 0 saturated carbocycles. The Morgan fingerprint density at radius 1 is 1.33 bits per heavy atom. The molecule has 0 aliphatic carbocycles. The number of amides is 1. The molecule has 4 heteroatoms. The highest BCUT2D eigenvalue weighted by atomic mass is 16.5.